The van der Waals surface area contributed by atoms with Gasteiger partial charge in [0.05, 0.1) is 5.69 Å². The van der Waals surface area contributed by atoms with E-state index in [4.69, 9.17) is 0 Å². The summed E-state index contributed by atoms with van der Waals surface area (Å²) in [4.78, 5) is 1.61. The molecular weight excluding hydrogens is 214 g/mol. The van der Waals surface area contributed by atoms with Gasteiger partial charge in [0, 0.05) is 18.7 Å². The number of nitrogens with zero attached hydrogens (tertiary/aromatic N) is 4. The summed E-state index contributed by atoms with van der Waals surface area (Å²) in [5.74, 6) is 1.41. The number of anilines is 1. The molecule has 1 saturated carbocycles. The van der Waals surface area contributed by atoms with Crippen molar-refractivity contribution in [3.63, 3.8) is 0 Å². The van der Waals surface area contributed by atoms with Crippen molar-refractivity contribution >= 4 is 5.69 Å². The lowest BCUT2D eigenvalue weighted by Gasteiger charge is -2.06. The number of rotatable bonds is 3. The minimum atomic E-state index is 0.540. The minimum Gasteiger partial charge on any atom is -0.388 e. The molecule has 5 heteroatoms. The number of hydrogen-bond acceptors (Lipinski definition) is 4. The molecule has 3 rings (SSSR count). The van der Waals surface area contributed by atoms with E-state index >= 15 is 0 Å². The summed E-state index contributed by atoms with van der Waals surface area (Å²) in [5, 5.41) is 15.8. The fraction of sp³-hybridized carbons (Fsp3) is 0.417. The van der Waals surface area contributed by atoms with E-state index in [-0.39, 0.29) is 0 Å². The quantitative estimate of drug-likeness (QED) is 0.873. The van der Waals surface area contributed by atoms with Gasteiger partial charge < -0.3 is 5.32 Å². The lowest BCUT2D eigenvalue weighted by atomic mass is 10.2. The molecule has 0 aliphatic heterocycles. The maximum absolute atomic E-state index is 4.41. The van der Waals surface area contributed by atoms with Crippen LogP contribution < -0.4 is 5.32 Å². The van der Waals surface area contributed by atoms with Gasteiger partial charge in [0.15, 0.2) is 5.82 Å². The highest BCUT2D eigenvalue weighted by Crippen LogP contribution is 2.37. The van der Waals surface area contributed by atoms with Crippen molar-refractivity contribution in [2.24, 2.45) is 0 Å². The van der Waals surface area contributed by atoms with Gasteiger partial charge in [0.2, 0.25) is 0 Å². The van der Waals surface area contributed by atoms with E-state index in [0.29, 0.717) is 5.92 Å². The molecule has 5 nitrogen and oxygen atoms in total. The molecule has 0 spiro atoms. The highest BCUT2D eigenvalue weighted by molar-refractivity contribution is 5.55. The highest BCUT2D eigenvalue weighted by Gasteiger charge is 2.28. The Bertz CT molecular complexity index is 542. The number of aryl methyl sites for hydroxylation is 1. The molecule has 1 heterocycles. The fourth-order valence-corrected chi connectivity index (χ4v) is 1.84. The molecule has 17 heavy (non-hydrogen) atoms. The third-order valence-electron chi connectivity index (χ3n) is 3.09. The Hall–Kier alpha value is -1.91. The second-order valence-corrected chi connectivity index (χ2v) is 4.46. The van der Waals surface area contributed by atoms with Gasteiger partial charge in [-0.1, -0.05) is 6.07 Å². The molecule has 88 valence electrons. The first-order valence-electron chi connectivity index (χ1n) is 5.86. The molecule has 2 aromatic rings. The summed E-state index contributed by atoms with van der Waals surface area (Å²) >= 11 is 0. The Morgan fingerprint density at radius 1 is 1.35 bits per heavy atom. The Labute approximate surface area is 99.8 Å². The van der Waals surface area contributed by atoms with Crippen LogP contribution in [0.1, 0.15) is 30.1 Å². The summed E-state index contributed by atoms with van der Waals surface area (Å²) in [6, 6.07) is 6.10. The standard InChI is InChI=1S/C12H15N5/c1-8-3-6-10(7-11(8)13-2)17-15-12(14-16-17)9-4-5-9/h3,6-7,9,13H,4-5H2,1-2H3. The van der Waals surface area contributed by atoms with E-state index in [1.807, 2.05) is 19.2 Å². The lowest BCUT2D eigenvalue weighted by molar-refractivity contribution is 0.717. The Balaban J connectivity index is 1.96. The summed E-state index contributed by atoms with van der Waals surface area (Å²) in [6.07, 6.45) is 2.39. The summed E-state index contributed by atoms with van der Waals surface area (Å²) in [5.41, 5.74) is 3.24. The lowest BCUT2D eigenvalue weighted by Crippen LogP contribution is -2.01. The number of tetrazole rings is 1. The average molecular weight is 229 g/mol. The molecule has 1 N–H and O–H groups in total. The predicted octanol–water partition coefficient (Wildman–Crippen LogP) is 1.89. The predicted molar refractivity (Wildman–Crippen MR) is 65.4 cm³/mol. The van der Waals surface area contributed by atoms with Crippen molar-refractivity contribution in [3.05, 3.63) is 29.6 Å². The van der Waals surface area contributed by atoms with E-state index in [0.717, 1.165) is 17.2 Å². The summed E-state index contributed by atoms with van der Waals surface area (Å²) in [7, 11) is 1.91. The summed E-state index contributed by atoms with van der Waals surface area (Å²) in [6.45, 7) is 2.07. The number of nitrogens with one attached hydrogen (secondary N) is 1. The molecular formula is C12H15N5. The second-order valence-electron chi connectivity index (χ2n) is 4.46. The molecule has 0 saturated heterocycles. The maximum Gasteiger partial charge on any atom is 0.178 e. The first kappa shape index (κ1) is 10.3. The Morgan fingerprint density at radius 3 is 2.88 bits per heavy atom. The zero-order valence-corrected chi connectivity index (χ0v) is 10.0. The van der Waals surface area contributed by atoms with Crippen molar-refractivity contribution in [2.45, 2.75) is 25.7 Å². The molecule has 1 aliphatic rings. The molecule has 1 aromatic heterocycles. The van der Waals surface area contributed by atoms with Gasteiger partial charge in [-0.2, -0.15) is 0 Å². The Morgan fingerprint density at radius 2 is 2.18 bits per heavy atom. The van der Waals surface area contributed by atoms with Gasteiger partial charge in [0.1, 0.15) is 0 Å². The zero-order chi connectivity index (χ0) is 11.8. The largest absolute Gasteiger partial charge is 0.388 e. The SMILES string of the molecule is CNc1cc(-n2nnc(C3CC3)n2)ccc1C. The monoisotopic (exact) mass is 229 g/mol. The highest BCUT2D eigenvalue weighted by atomic mass is 15.6. The number of hydrogen-bond donors (Lipinski definition) is 1. The van der Waals surface area contributed by atoms with Gasteiger partial charge >= 0.3 is 0 Å². The topological polar surface area (TPSA) is 55.6 Å². The van der Waals surface area contributed by atoms with Crippen LogP contribution >= 0.6 is 0 Å². The molecule has 0 bridgehead atoms. The van der Waals surface area contributed by atoms with Crippen LogP contribution in [0.25, 0.3) is 5.69 Å². The van der Waals surface area contributed by atoms with Crippen LogP contribution in [0.2, 0.25) is 0 Å². The van der Waals surface area contributed by atoms with Gasteiger partial charge in [-0.05, 0) is 42.7 Å². The molecule has 1 fully saturated rings. The molecule has 0 atom stereocenters. The minimum absolute atomic E-state index is 0.540. The van der Waals surface area contributed by atoms with Gasteiger partial charge in [-0.3, -0.25) is 0 Å². The van der Waals surface area contributed by atoms with Crippen molar-refractivity contribution in [1.82, 2.24) is 20.2 Å². The van der Waals surface area contributed by atoms with Gasteiger partial charge in [0.25, 0.3) is 0 Å². The fourth-order valence-electron chi connectivity index (χ4n) is 1.84. The molecule has 0 radical (unpaired) electrons. The first-order chi connectivity index (χ1) is 8.28. The number of benzene rings is 1. The summed E-state index contributed by atoms with van der Waals surface area (Å²) < 4.78 is 0. The second kappa shape index (κ2) is 3.84. The third kappa shape index (κ3) is 1.88. The van der Waals surface area contributed by atoms with Gasteiger partial charge in [-0.15, -0.1) is 15.0 Å². The maximum atomic E-state index is 4.41. The van der Waals surface area contributed by atoms with Crippen LogP contribution in [-0.2, 0) is 0 Å². The van der Waals surface area contributed by atoms with Crippen LogP contribution in [0.4, 0.5) is 5.69 Å². The van der Waals surface area contributed by atoms with Crippen LogP contribution in [0.15, 0.2) is 18.2 Å². The van der Waals surface area contributed by atoms with Crippen LogP contribution in [0.5, 0.6) is 0 Å². The smallest absolute Gasteiger partial charge is 0.178 e. The van der Waals surface area contributed by atoms with Crippen molar-refractivity contribution in [1.29, 1.82) is 0 Å². The van der Waals surface area contributed by atoms with Gasteiger partial charge in [-0.25, -0.2) is 0 Å². The van der Waals surface area contributed by atoms with Crippen LogP contribution in [0, 0.1) is 6.92 Å². The third-order valence-corrected chi connectivity index (χ3v) is 3.09. The van der Waals surface area contributed by atoms with E-state index in [9.17, 15) is 0 Å². The molecule has 1 aromatic carbocycles. The Kier molecular flexibility index (Phi) is 2.31. The first-order valence-corrected chi connectivity index (χ1v) is 5.86. The average Bonchev–Trinajstić information content (AvgIpc) is 3.08. The van der Waals surface area contributed by atoms with E-state index in [2.05, 4.69) is 33.7 Å². The number of aromatic nitrogens is 4. The molecule has 0 amide bonds. The molecule has 0 unspecified atom stereocenters. The normalized spacial score (nSPS) is 14.9. The zero-order valence-electron chi connectivity index (χ0n) is 10.0. The van der Waals surface area contributed by atoms with Crippen molar-refractivity contribution < 1.29 is 0 Å². The van der Waals surface area contributed by atoms with E-state index < -0.39 is 0 Å². The molecule has 1 aliphatic carbocycles. The van der Waals surface area contributed by atoms with E-state index in [1.165, 1.54) is 18.4 Å². The van der Waals surface area contributed by atoms with Crippen LogP contribution in [-0.4, -0.2) is 27.3 Å². The van der Waals surface area contributed by atoms with Crippen molar-refractivity contribution in [3.8, 4) is 5.69 Å². The van der Waals surface area contributed by atoms with Crippen LogP contribution in [0.3, 0.4) is 0 Å². The van der Waals surface area contributed by atoms with Crippen molar-refractivity contribution in [2.75, 3.05) is 12.4 Å². The van der Waals surface area contributed by atoms with E-state index in [1.54, 1.807) is 4.80 Å².